The Morgan fingerprint density at radius 3 is 2.13 bits per heavy atom. The number of rotatable bonds is 6. The van der Waals surface area contributed by atoms with Crippen molar-refractivity contribution in [3.63, 3.8) is 0 Å². The Morgan fingerprint density at radius 2 is 1.59 bits per heavy atom. The number of piperidine rings is 1. The summed E-state index contributed by atoms with van der Waals surface area (Å²) in [5.41, 5.74) is 13.4. The van der Waals surface area contributed by atoms with E-state index < -0.39 is 0 Å². The molecular formula is C37H54N2. The molecule has 0 radical (unpaired) electrons. The van der Waals surface area contributed by atoms with E-state index >= 15 is 0 Å². The van der Waals surface area contributed by atoms with Crippen molar-refractivity contribution in [2.45, 2.75) is 92.0 Å². The maximum Gasteiger partial charge on any atom is 0.0180 e. The zero-order valence-corrected chi connectivity index (χ0v) is 25.6. The maximum atomic E-state index is 5.53. The van der Waals surface area contributed by atoms with Crippen molar-refractivity contribution in [3.8, 4) is 0 Å². The van der Waals surface area contributed by atoms with Gasteiger partial charge in [0.25, 0.3) is 0 Å². The van der Waals surface area contributed by atoms with Gasteiger partial charge in [0, 0.05) is 24.8 Å². The lowest BCUT2D eigenvalue weighted by Gasteiger charge is -2.34. The molecule has 2 aliphatic rings. The van der Waals surface area contributed by atoms with Gasteiger partial charge in [0.2, 0.25) is 0 Å². The van der Waals surface area contributed by atoms with Crippen molar-refractivity contribution < 1.29 is 0 Å². The topological polar surface area (TPSA) is 29.3 Å². The van der Waals surface area contributed by atoms with Gasteiger partial charge in [-0.3, -0.25) is 0 Å². The number of benzene rings is 2. The van der Waals surface area contributed by atoms with Crippen LogP contribution in [0.25, 0.3) is 18.2 Å². The van der Waals surface area contributed by atoms with Gasteiger partial charge in [-0.1, -0.05) is 106 Å². The molecular weight excluding hydrogens is 472 g/mol. The van der Waals surface area contributed by atoms with Gasteiger partial charge in [0.15, 0.2) is 0 Å². The van der Waals surface area contributed by atoms with Crippen molar-refractivity contribution in [1.29, 1.82) is 0 Å². The number of hydrogen-bond acceptors (Lipinski definition) is 2. The van der Waals surface area contributed by atoms with Gasteiger partial charge in [-0.2, -0.15) is 0 Å². The van der Waals surface area contributed by atoms with E-state index in [4.69, 9.17) is 5.73 Å². The average Bonchev–Trinajstić information content (AvgIpc) is 3.41. The third-order valence-electron chi connectivity index (χ3n) is 8.04. The summed E-state index contributed by atoms with van der Waals surface area (Å²) >= 11 is 0. The van der Waals surface area contributed by atoms with Gasteiger partial charge in [-0.25, -0.2) is 0 Å². The first kappa shape index (κ1) is 32.4. The maximum absolute atomic E-state index is 5.53. The fourth-order valence-electron chi connectivity index (χ4n) is 5.30. The molecule has 2 N–H and O–H groups in total. The zero-order valence-electron chi connectivity index (χ0n) is 25.6. The van der Waals surface area contributed by atoms with Crippen LogP contribution < -0.4 is 16.2 Å². The Kier molecular flexibility index (Phi) is 14.1. The predicted octanol–water partition coefficient (Wildman–Crippen LogP) is 7.94. The summed E-state index contributed by atoms with van der Waals surface area (Å²) in [6.07, 6.45) is 14.5. The van der Waals surface area contributed by atoms with Gasteiger partial charge >= 0.3 is 0 Å². The first-order valence-electron chi connectivity index (χ1n) is 15.0. The van der Waals surface area contributed by atoms with Gasteiger partial charge in [0.1, 0.15) is 0 Å². The van der Waals surface area contributed by atoms with E-state index in [0.29, 0.717) is 12.0 Å². The van der Waals surface area contributed by atoms with E-state index in [9.17, 15) is 0 Å². The van der Waals surface area contributed by atoms with Gasteiger partial charge in [-0.05, 0) is 98.9 Å². The number of hydrogen-bond donors (Lipinski definition) is 1. The van der Waals surface area contributed by atoms with Crippen LogP contribution in [0.1, 0.15) is 89.3 Å². The van der Waals surface area contributed by atoms with Gasteiger partial charge in [0.05, 0.1) is 0 Å². The van der Waals surface area contributed by atoms with Crippen LogP contribution >= 0.6 is 0 Å². The molecule has 2 aromatic carbocycles. The van der Waals surface area contributed by atoms with E-state index in [1.807, 2.05) is 0 Å². The summed E-state index contributed by atoms with van der Waals surface area (Å²) in [5, 5.41) is 2.34. The van der Waals surface area contributed by atoms with Crippen molar-refractivity contribution in [2.75, 3.05) is 13.1 Å². The van der Waals surface area contributed by atoms with E-state index in [1.165, 1.54) is 83.7 Å². The highest BCUT2D eigenvalue weighted by Gasteiger charge is 2.19. The SMILES string of the molecule is C=C(C)C1CCN(/C(C)=C/C=c2/cccc(C)c2=C)CC1.C=C(C)c1ccccc1CCC.NC1CCCC1. The Hall–Kier alpha value is -2.84. The normalized spacial score (nSPS) is 16.7. The summed E-state index contributed by atoms with van der Waals surface area (Å²) in [6.45, 7) is 25.2. The molecule has 0 aromatic heterocycles. The summed E-state index contributed by atoms with van der Waals surface area (Å²) in [6, 6.07) is 15.4. The van der Waals surface area contributed by atoms with E-state index in [1.54, 1.807) is 0 Å². The van der Waals surface area contributed by atoms with Crippen LogP contribution in [0, 0.1) is 12.8 Å². The quantitative estimate of drug-likeness (QED) is 0.387. The van der Waals surface area contributed by atoms with Crippen molar-refractivity contribution >= 4 is 18.2 Å². The highest BCUT2D eigenvalue weighted by molar-refractivity contribution is 5.64. The number of allylic oxidation sites excluding steroid dienone is 4. The summed E-state index contributed by atoms with van der Waals surface area (Å²) < 4.78 is 0. The molecule has 1 aliphatic carbocycles. The molecule has 2 nitrogen and oxygen atoms in total. The van der Waals surface area contributed by atoms with Gasteiger partial charge in [-0.15, -0.1) is 0 Å². The number of aryl methyl sites for hydroxylation is 2. The van der Waals surface area contributed by atoms with Crippen molar-refractivity contribution in [3.05, 3.63) is 100 Å². The fraction of sp³-hybridized carbons (Fsp3) is 0.459. The third kappa shape index (κ3) is 11.0. The van der Waals surface area contributed by atoms with Crippen LogP contribution in [-0.4, -0.2) is 24.0 Å². The lowest BCUT2D eigenvalue weighted by atomic mass is 9.91. The molecule has 0 amide bonds. The zero-order chi connectivity index (χ0) is 28.8. The van der Waals surface area contributed by atoms with Crippen LogP contribution in [0.5, 0.6) is 0 Å². The molecule has 2 heteroatoms. The standard InChI is InChI=1S/C20H27N.C12H16.C5H11N/c1-15(2)19-11-13-21(14-12-19)17(4)9-10-20-8-6-7-16(3)18(20)5;1-4-7-11-8-5-6-9-12(11)10(2)3;6-5-3-1-2-4-5/h6-10,19H,1,5,11-14H2,2-4H3;5-6,8-9H,2,4,7H2,1,3H3;5H,1-4,6H2/b17-9+,20-10-;;. The smallest absolute Gasteiger partial charge is 0.0180 e. The first-order chi connectivity index (χ1) is 18.6. The third-order valence-corrected chi connectivity index (χ3v) is 8.04. The molecule has 1 saturated heterocycles. The highest BCUT2D eigenvalue weighted by atomic mass is 15.1. The Morgan fingerprint density at radius 1 is 0.949 bits per heavy atom. The highest BCUT2D eigenvalue weighted by Crippen LogP contribution is 2.25. The molecule has 4 rings (SSSR count). The average molecular weight is 527 g/mol. The van der Waals surface area contributed by atoms with Crippen molar-refractivity contribution in [2.24, 2.45) is 11.7 Å². The summed E-state index contributed by atoms with van der Waals surface area (Å²) in [5.74, 6) is 0.709. The Labute approximate surface area is 239 Å². The van der Waals surface area contributed by atoms with Gasteiger partial charge < -0.3 is 10.6 Å². The number of nitrogens with two attached hydrogens (primary N) is 1. The second kappa shape index (κ2) is 17.0. The lowest BCUT2D eigenvalue weighted by molar-refractivity contribution is 0.246. The Bertz CT molecular complexity index is 1190. The molecule has 2 aromatic rings. The number of likely N-dealkylation sites (tertiary alicyclic amines) is 1. The molecule has 1 heterocycles. The minimum Gasteiger partial charge on any atom is -0.375 e. The number of nitrogens with zero attached hydrogens (tertiary/aromatic N) is 1. The fourth-order valence-corrected chi connectivity index (χ4v) is 5.30. The van der Waals surface area contributed by atoms with E-state index in [0.717, 1.165) is 24.7 Å². The van der Waals surface area contributed by atoms with Crippen LogP contribution in [0.15, 0.2) is 73.0 Å². The predicted molar refractivity (Wildman–Crippen MR) is 175 cm³/mol. The summed E-state index contributed by atoms with van der Waals surface area (Å²) in [4.78, 5) is 2.48. The van der Waals surface area contributed by atoms with Crippen LogP contribution in [0.2, 0.25) is 0 Å². The molecule has 0 spiro atoms. The molecule has 0 atom stereocenters. The molecule has 1 saturated carbocycles. The first-order valence-corrected chi connectivity index (χ1v) is 15.0. The largest absolute Gasteiger partial charge is 0.375 e. The molecule has 39 heavy (non-hydrogen) atoms. The molecule has 0 bridgehead atoms. The minimum absolute atomic E-state index is 0.546. The second-order valence-corrected chi connectivity index (χ2v) is 11.5. The summed E-state index contributed by atoms with van der Waals surface area (Å²) in [7, 11) is 0. The van der Waals surface area contributed by atoms with E-state index in [-0.39, 0.29) is 0 Å². The second-order valence-electron chi connectivity index (χ2n) is 11.5. The Balaban J connectivity index is 0.000000246. The molecule has 212 valence electrons. The monoisotopic (exact) mass is 526 g/mol. The van der Waals surface area contributed by atoms with E-state index in [2.05, 4.69) is 114 Å². The molecule has 2 fully saturated rings. The van der Waals surface area contributed by atoms with Crippen LogP contribution in [0.4, 0.5) is 0 Å². The lowest BCUT2D eigenvalue weighted by Crippen LogP contribution is -2.32. The van der Waals surface area contributed by atoms with Crippen LogP contribution in [0.3, 0.4) is 0 Å². The van der Waals surface area contributed by atoms with Crippen LogP contribution in [-0.2, 0) is 6.42 Å². The molecule has 1 aliphatic heterocycles. The minimum atomic E-state index is 0.546. The molecule has 0 unspecified atom stereocenters. The van der Waals surface area contributed by atoms with Crippen molar-refractivity contribution in [1.82, 2.24) is 4.90 Å².